The fourth-order valence-electron chi connectivity index (χ4n) is 3.55. The van der Waals surface area contributed by atoms with E-state index in [0.717, 1.165) is 10.0 Å². The second kappa shape index (κ2) is 9.46. The molecule has 0 unspecified atom stereocenters. The van der Waals surface area contributed by atoms with Gasteiger partial charge in [-0.15, -0.1) is 0 Å². The normalized spacial score (nSPS) is 10.8. The molecule has 0 amide bonds. The van der Waals surface area contributed by atoms with Crippen molar-refractivity contribution in [2.75, 3.05) is 20.8 Å². The Hall–Kier alpha value is -3.65. The van der Waals surface area contributed by atoms with Gasteiger partial charge in [0, 0.05) is 15.6 Å². The number of benzene rings is 2. The van der Waals surface area contributed by atoms with Crippen LogP contribution < -0.4 is 9.47 Å². The second-order valence-corrected chi connectivity index (χ2v) is 8.01. The molecule has 4 rings (SSSR count). The lowest BCUT2D eigenvalue weighted by Gasteiger charge is -2.10. The molecule has 2 aromatic heterocycles. The monoisotopic (exact) mass is 508 g/mol. The van der Waals surface area contributed by atoms with Crippen LogP contribution in [0.1, 0.15) is 33.3 Å². The van der Waals surface area contributed by atoms with Gasteiger partial charge in [0.2, 0.25) is 5.78 Å². The number of ether oxygens (including phenoxy) is 3. The van der Waals surface area contributed by atoms with Gasteiger partial charge in [0.15, 0.2) is 11.5 Å². The van der Waals surface area contributed by atoms with Crippen LogP contribution in [0.25, 0.3) is 16.8 Å². The third kappa shape index (κ3) is 4.34. The highest BCUT2D eigenvalue weighted by atomic mass is 79.9. The summed E-state index contributed by atoms with van der Waals surface area (Å²) in [5.41, 5.74) is 3.01. The van der Waals surface area contributed by atoms with Crippen molar-refractivity contribution in [2.45, 2.75) is 6.92 Å². The van der Waals surface area contributed by atoms with Gasteiger partial charge in [-0.25, -0.2) is 9.78 Å². The van der Waals surface area contributed by atoms with E-state index in [1.54, 1.807) is 74.1 Å². The van der Waals surface area contributed by atoms with Crippen LogP contribution in [0.2, 0.25) is 0 Å². The average Bonchev–Trinajstić information content (AvgIpc) is 3.22. The molecule has 4 aromatic rings. The lowest BCUT2D eigenvalue weighted by Crippen LogP contribution is -2.05. The molecule has 8 heteroatoms. The van der Waals surface area contributed by atoms with Crippen molar-refractivity contribution in [1.82, 2.24) is 9.38 Å². The van der Waals surface area contributed by atoms with E-state index >= 15 is 0 Å². The van der Waals surface area contributed by atoms with Crippen molar-refractivity contribution in [1.29, 1.82) is 0 Å². The number of ketones is 1. The highest BCUT2D eigenvalue weighted by molar-refractivity contribution is 9.10. The van der Waals surface area contributed by atoms with Gasteiger partial charge >= 0.3 is 5.97 Å². The number of fused-ring (bicyclic) bond motifs is 1. The standard InChI is InChI=1S/C25H21BrN2O5/c1-4-33-25(30)18-12-21(24(29)15-5-8-17(26)9-6-15)28-14-27-19(13-20(18)28)16-7-10-22(31-2)23(11-16)32-3/h5-14H,4H2,1-3H3. The number of esters is 1. The Bertz CT molecular complexity index is 1350. The molecule has 0 saturated heterocycles. The molecular weight excluding hydrogens is 488 g/mol. The number of halogens is 1. The Kier molecular flexibility index (Phi) is 6.46. The zero-order valence-corrected chi connectivity index (χ0v) is 19.9. The fraction of sp³-hybridized carbons (Fsp3) is 0.160. The quantitative estimate of drug-likeness (QED) is 0.252. The summed E-state index contributed by atoms with van der Waals surface area (Å²) in [5.74, 6) is 0.423. The van der Waals surface area contributed by atoms with Crippen LogP contribution in [0.15, 0.2) is 65.4 Å². The molecule has 33 heavy (non-hydrogen) atoms. The second-order valence-electron chi connectivity index (χ2n) is 7.10. The van der Waals surface area contributed by atoms with E-state index in [-0.39, 0.29) is 12.4 Å². The van der Waals surface area contributed by atoms with Crippen molar-refractivity contribution in [3.63, 3.8) is 0 Å². The molecule has 0 N–H and O–H groups in total. The maximum atomic E-state index is 13.2. The predicted octanol–water partition coefficient (Wildman–Crippen LogP) is 5.19. The van der Waals surface area contributed by atoms with Crippen molar-refractivity contribution in [3.8, 4) is 22.8 Å². The molecule has 0 aliphatic heterocycles. The lowest BCUT2D eigenvalue weighted by molar-refractivity contribution is 0.0529. The molecular formula is C25H21BrN2O5. The van der Waals surface area contributed by atoms with Gasteiger partial charge in [-0.3, -0.25) is 9.20 Å². The summed E-state index contributed by atoms with van der Waals surface area (Å²) >= 11 is 3.38. The Morgan fingerprint density at radius 2 is 1.70 bits per heavy atom. The third-order valence-corrected chi connectivity index (χ3v) is 5.70. The number of hydrogen-bond acceptors (Lipinski definition) is 6. The third-order valence-electron chi connectivity index (χ3n) is 5.18. The maximum absolute atomic E-state index is 13.2. The predicted molar refractivity (Wildman–Crippen MR) is 127 cm³/mol. The van der Waals surface area contributed by atoms with E-state index in [1.165, 1.54) is 6.33 Å². The molecule has 0 bridgehead atoms. The number of hydrogen-bond donors (Lipinski definition) is 0. The summed E-state index contributed by atoms with van der Waals surface area (Å²) in [7, 11) is 3.13. The topological polar surface area (TPSA) is 79.1 Å². The Morgan fingerprint density at radius 1 is 0.970 bits per heavy atom. The first kappa shape index (κ1) is 22.5. The van der Waals surface area contributed by atoms with Crippen LogP contribution in [-0.2, 0) is 4.74 Å². The minimum absolute atomic E-state index is 0.222. The first-order chi connectivity index (χ1) is 16.0. The molecule has 2 heterocycles. The Labute approximate surface area is 199 Å². The first-order valence-corrected chi connectivity index (χ1v) is 11.0. The summed E-state index contributed by atoms with van der Waals surface area (Å²) in [6.45, 7) is 1.96. The molecule has 0 atom stereocenters. The summed E-state index contributed by atoms with van der Waals surface area (Å²) < 4.78 is 18.4. The number of methoxy groups -OCH3 is 2. The number of aromatic nitrogens is 2. The zero-order valence-electron chi connectivity index (χ0n) is 18.3. The fourth-order valence-corrected chi connectivity index (χ4v) is 3.81. The minimum Gasteiger partial charge on any atom is -0.493 e. The number of rotatable bonds is 7. The summed E-state index contributed by atoms with van der Waals surface area (Å²) in [4.78, 5) is 30.5. The molecule has 0 radical (unpaired) electrons. The summed E-state index contributed by atoms with van der Waals surface area (Å²) in [6, 6.07) is 15.8. The van der Waals surface area contributed by atoms with Gasteiger partial charge in [0.25, 0.3) is 0 Å². The average molecular weight is 509 g/mol. The van der Waals surface area contributed by atoms with Crippen molar-refractivity contribution >= 4 is 33.2 Å². The largest absolute Gasteiger partial charge is 0.493 e. The summed E-state index contributed by atoms with van der Waals surface area (Å²) in [5, 5.41) is 0. The van der Waals surface area contributed by atoms with Crippen molar-refractivity contribution in [2.24, 2.45) is 0 Å². The molecule has 0 aliphatic rings. The minimum atomic E-state index is -0.505. The molecule has 7 nitrogen and oxygen atoms in total. The van der Waals surface area contributed by atoms with E-state index in [9.17, 15) is 9.59 Å². The van der Waals surface area contributed by atoms with E-state index in [2.05, 4.69) is 20.9 Å². The van der Waals surface area contributed by atoms with Gasteiger partial charge in [0.05, 0.1) is 43.3 Å². The number of carbonyl (C=O) groups is 2. The van der Waals surface area contributed by atoms with Crippen LogP contribution in [0.5, 0.6) is 11.5 Å². The van der Waals surface area contributed by atoms with Crippen LogP contribution in [-0.4, -0.2) is 42.0 Å². The van der Waals surface area contributed by atoms with E-state index in [0.29, 0.717) is 39.5 Å². The van der Waals surface area contributed by atoms with Crippen molar-refractivity contribution in [3.05, 3.63) is 82.2 Å². The maximum Gasteiger partial charge on any atom is 0.340 e. The van der Waals surface area contributed by atoms with Gasteiger partial charge in [-0.05, 0) is 61.5 Å². The smallest absolute Gasteiger partial charge is 0.340 e. The first-order valence-electron chi connectivity index (χ1n) is 10.2. The number of nitrogens with zero attached hydrogens (tertiary/aromatic N) is 2. The van der Waals surface area contributed by atoms with Crippen LogP contribution in [0.4, 0.5) is 0 Å². The highest BCUT2D eigenvalue weighted by Gasteiger charge is 2.22. The van der Waals surface area contributed by atoms with Gasteiger partial charge in [-0.2, -0.15) is 0 Å². The van der Waals surface area contributed by atoms with Gasteiger partial charge < -0.3 is 14.2 Å². The Balaban J connectivity index is 1.86. The van der Waals surface area contributed by atoms with Crippen LogP contribution in [0.3, 0.4) is 0 Å². The SMILES string of the molecule is CCOC(=O)c1cc(C(=O)c2ccc(Br)cc2)n2cnc(-c3ccc(OC)c(OC)c3)cc12. The molecule has 2 aromatic carbocycles. The summed E-state index contributed by atoms with van der Waals surface area (Å²) in [6.07, 6.45) is 1.54. The van der Waals surface area contributed by atoms with Crippen LogP contribution in [0, 0.1) is 0 Å². The molecule has 0 spiro atoms. The Morgan fingerprint density at radius 3 is 2.36 bits per heavy atom. The van der Waals surface area contributed by atoms with Crippen molar-refractivity contribution < 1.29 is 23.8 Å². The lowest BCUT2D eigenvalue weighted by atomic mass is 10.1. The zero-order chi connectivity index (χ0) is 23.5. The van der Waals surface area contributed by atoms with E-state index in [1.807, 2.05) is 6.07 Å². The highest BCUT2D eigenvalue weighted by Crippen LogP contribution is 2.32. The van der Waals surface area contributed by atoms with Gasteiger partial charge in [0.1, 0.15) is 6.33 Å². The number of carbonyl (C=O) groups excluding carboxylic acids is 2. The molecule has 168 valence electrons. The molecule has 0 aliphatic carbocycles. The molecule has 0 fully saturated rings. The van der Waals surface area contributed by atoms with Gasteiger partial charge in [-0.1, -0.05) is 15.9 Å². The molecule has 0 saturated carbocycles. The van der Waals surface area contributed by atoms with Crippen LogP contribution >= 0.6 is 15.9 Å². The van der Waals surface area contributed by atoms with E-state index < -0.39 is 5.97 Å². The van der Waals surface area contributed by atoms with E-state index in [4.69, 9.17) is 14.2 Å².